The Morgan fingerprint density at radius 1 is 0.375 bits per heavy atom. The van der Waals surface area contributed by atoms with E-state index in [1.165, 1.54) is 4.57 Å². The van der Waals surface area contributed by atoms with Crippen molar-refractivity contribution >= 4 is 65.3 Å². The Hall–Kier alpha value is -8.67. The molecule has 10 aromatic carbocycles. The monoisotopic (exact) mass is 828 g/mol. The summed E-state index contributed by atoms with van der Waals surface area (Å²) >= 11 is 0. The molecule has 0 saturated heterocycles. The van der Waals surface area contributed by atoms with Gasteiger partial charge < -0.3 is 8.98 Å². The third kappa shape index (κ3) is 5.90. The number of fused-ring (bicyclic) bond motifs is 9. The minimum Gasteiger partial charge on any atom is -0.456 e. The van der Waals surface area contributed by atoms with Crippen LogP contribution in [0.3, 0.4) is 0 Å². The molecule has 298 valence electrons. The number of furan rings is 1. The van der Waals surface area contributed by atoms with Crippen molar-refractivity contribution in [1.82, 2.24) is 19.5 Å². The lowest BCUT2D eigenvalue weighted by atomic mass is 9.95. The average molecular weight is 829 g/mol. The number of nitrogens with zero attached hydrogens (tertiary/aromatic N) is 4. The van der Waals surface area contributed by atoms with E-state index in [4.69, 9.17) is 29.0 Å². The van der Waals surface area contributed by atoms with E-state index >= 15 is 0 Å². The zero-order valence-corrected chi connectivity index (χ0v) is 33.6. The van der Waals surface area contributed by atoms with Crippen LogP contribution in [0.15, 0.2) is 223 Å². The Balaban J connectivity index is 1.16. The van der Waals surface area contributed by atoms with Crippen LogP contribution in [0.5, 0.6) is 0 Å². The Morgan fingerprint density at radius 2 is 1.03 bits per heavy atom. The standard InChI is InChI=1S/C59H36N4O/c1-3-13-37(14-4-1)41-28-31-53-50(34-41)46-19-9-11-21-52(46)63(53)54-32-29-43(42-26-25-39-24-23-38-15-7-8-18-45(38)49(39)33-42)35-51(54)59-61-57(40-16-5-2-6-17-40)60-58(62-59)44-27-30-48-47-20-10-12-22-55(47)64-56(48)36-44/h1-36H/i1D,3D,4D,9D,11D,13D,14D,19D,21D,28D,31D,34D. The van der Waals surface area contributed by atoms with Gasteiger partial charge in [0.1, 0.15) is 11.2 Å². The lowest BCUT2D eigenvalue weighted by Crippen LogP contribution is -2.04. The van der Waals surface area contributed by atoms with E-state index < -0.39 is 83.6 Å². The number of aromatic nitrogens is 4. The lowest BCUT2D eigenvalue weighted by molar-refractivity contribution is 0.669. The molecule has 0 fully saturated rings. The molecule has 0 bridgehead atoms. The van der Waals surface area contributed by atoms with E-state index in [-0.39, 0.29) is 39.1 Å². The molecule has 0 amide bonds. The molecule has 0 aliphatic carbocycles. The number of benzene rings is 10. The van der Waals surface area contributed by atoms with Crippen LogP contribution in [0.1, 0.15) is 16.4 Å². The second kappa shape index (κ2) is 14.5. The molecule has 5 nitrogen and oxygen atoms in total. The zero-order chi connectivity index (χ0) is 52.6. The SMILES string of the molecule is [2H]c1c([2H])c([2H])c(-c2c([2H])c([2H])c3c(c2[2H])c2c([2H])c([2H])c([2H])c([2H])c2n3-c2ccc(-c3ccc4ccc5ccccc5c4c3)cc2-c2nc(-c3ccccc3)nc(-c3ccc4c(c3)oc3ccccc34)n2)c([2H])c1[2H]. The molecule has 13 aromatic rings. The topological polar surface area (TPSA) is 56.7 Å². The van der Waals surface area contributed by atoms with E-state index in [0.717, 1.165) is 37.9 Å². The van der Waals surface area contributed by atoms with E-state index in [9.17, 15) is 6.85 Å². The van der Waals surface area contributed by atoms with Gasteiger partial charge in [0.15, 0.2) is 17.5 Å². The van der Waals surface area contributed by atoms with E-state index in [0.29, 0.717) is 39.2 Å². The van der Waals surface area contributed by atoms with Gasteiger partial charge in [0, 0.05) is 38.2 Å². The summed E-state index contributed by atoms with van der Waals surface area (Å²) in [7, 11) is 0. The molecule has 64 heavy (non-hydrogen) atoms. The van der Waals surface area contributed by atoms with Crippen molar-refractivity contribution in [2.75, 3.05) is 0 Å². The Labute approximate surface area is 385 Å². The molecule has 13 rings (SSSR count). The fraction of sp³-hybridized carbons (Fsp3) is 0. The molecule has 0 N–H and O–H groups in total. The fourth-order valence-electron chi connectivity index (χ4n) is 8.73. The van der Waals surface area contributed by atoms with Gasteiger partial charge in [0.2, 0.25) is 0 Å². The maximum absolute atomic E-state index is 9.83. The summed E-state index contributed by atoms with van der Waals surface area (Å²) in [6, 6.07) is 39.1. The predicted molar refractivity (Wildman–Crippen MR) is 264 cm³/mol. The first kappa shape index (κ1) is 26.0. The van der Waals surface area contributed by atoms with E-state index in [2.05, 4.69) is 30.3 Å². The van der Waals surface area contributed by atoms with Crippen molar-refractivity contribution in [3.05, 3.63) is 218 Å². The van der Waals surface area contributed by atoms with Crippen LogP contribution in [0.2, 0.25) is 0 Å². The first-order chi connectivity index (χ1) is 36.7. The summed E-state index contributed by atoms with van der Waals surface area (Å²) in [5.41, 5.74) is 3.39. The summed E-state index contributed by atoms with van der Waals surface area (Å²) in [6.45, 7) is 0. The molecule has 0 spiro atoms. The normalized spacial score (nSPS) is 14.4. The van der Waals surface area contributed by atoms with E-state index in [1.807, 2.05) is 109 Å². The van der Waals surface area contributed by atoms with Crippen molar-refractivity contribution in [2.24, 2.45) is 0 Å². The summed E-state index contributed by atoms with van der Waals surface area (Å²) in [5, 5.41) is 5.62. The van der Waals surface area contributed by atoms with Gasteiger partial charge in [-0.15, -0.1) is 0 Å². The second-order valence-corrected chi connectivity index (χ2v) is 15.5. The van der Waals surface area contributed by atoms with E-state index in [1.54, 1.807) is 6.07 Å². The molecule has 5 heteroatoms. The van der Waals surface area contributed by atoms with Crippen molar-refractivity contribution in [3.63, 3.8) is 0 Å². The van der Waals surface area contributed by atoms with Crippen LogP contribution in [0.4, 0.5) is 0 Å². The Morgan fingerprint density at radius 3 is 1.92 bits per heavy atom. The maximum Gasteiger partial charge on any atom is 0.166 e. The van der Waals surface area contributed by atoms with Crippen LogP contribution in [0, 0.1) is 0 Å². The average Bonchev–Trinajstić information content (AvgIpc) is 4.24. The van der Waals surface area contributed by atoms with Gasteiger partial charge in [-0.25, -0.2) is 15.0 Å². The molecule has 3 heterocycles. The van der Waals surface area contributed by atoms with Crippen molar-refractivity contribution in [2.45, 2.75) is 0 Å². The number of rotatable bonds is 6. The lowest BCUT2D eigenvalue weighted by Gasteiger charge is -2.17. The third-order valence-electron chi connectivity index (χ3n) is 11.8. The molecule has 0 unspecified atom stereocenters. The summed E-state index contributed by atoms with van der Waals surface area (Å²) in [5.74, 6) is 0.705. The van der Waals surface area contributed by atoms with Gasteiger partial charge in [0.25, 0.3) is 0 Å². The second-order valence-electron chi connectivity index (χ2n) is 15.5. The maximum atomic E-state index is 9.83. The quantitative estimate of drug-likeness (QED) is 0.157. The molecular weight excluding hydrogens is 781 g/mol. The van der Waals surface area contributed by atoms with Crippen molar-refractivity contribution in [1.29, 1.82) is 0 Å². The minimum absolute atomic E-state index is 0.131. The van der Waals surface area contributed by atoms with Gasteiger partial charge >= 0.3 is 0 Å². The molecule has 0 saturated carbocycles. The van der Waals surface area contributed by atoms with Crippen LogP contribution in [0.25, 0.3) is 127 Å². The van der Waals surface area contributed by atoms with Crippen molar-refractivity contribution in [3.8, 4) is 62.1 Å². The molecule has 0 aliphatic rings. The first-order valence-corrected chi connectivity index (χ1v) is 20.6. The highest BCUT2D eigenvalue weighted by Gasteiger charge is 2.21. The fourth-order valence-corrected chi connectivity index (χ4v) is 8.73. The van der Waals surface area contributed by atoms with Gasteiger partial charge in [0.05, 0.1) is 33.2 Å². The highest BCUT2D eigenvalue weighted by atomic mass is 16.3. The van der Waals surface area contributed by atoms with Gasteiger partial charge in [-0.05, 0) is 98.3 Å². The summed E-state index contributed by atoms with van der Waals surface area (Å²) in [4.78, 5) is 15.4. The highest BCUT2D eigenvalue weighted by Crippen LogP contribution is 2.41. The summed E-state index contributed by atoms with van der Waals surface area (Å²) in [6.07, 6.45) is 0. The molecule has 0 atom stereocenters. The third-order valence-corrected chi connectivity index (χ3v) is 11.8. The molecule has 3 aromatic heterocycles. The Bertz CT molecular complexity index is 4660. The van der Waals surface area contributed by atoms with Gasteiger partial charge in [-0.2, -0.15) is 0 Å². The number of hydrogen-bond acceptors (Lipinski definition) is 4. The minimum atomic E-state index is -0.709. The molecule has 0 aliphatic heterocycles. The predicted octanol–water partition coefficient (Wildman–Crippen LogP) is 15.5. The van der Waals surface area contributed by atoms with Crippen LogP contribution < -0.4 is 0 Å². The smallest absolute Gasteiger partial charge is 0.166 e. The molecule has 0 radical (unpaired) electrons. The van der Waals surface area contributed by atoms with Crippen LogP contribution in [-0.4, -0.2) is 19.5 Å². The largest absolute Gasteiger partial charge is 0.456 e. The van der Waals surface area contributed by atoms with Gasteiger partial charge in [-0.3, -0.25) is 0 Å². The molecular formula is C59H36N4O. The zero-order valence-electron chi connectivity index (χ0n) is 45.6. The Kier molecular flexibility index (Phi) is 5.87. The highest BCUT2D eigenvalue weighted by molar-refractivity contribution is 6.12. The number of para-hydroxylation sites is 2. The van der Waals surface area contributed by atoms with Crippen LogP contribution in [-0.2, 0) is 0 Å². The van der Waals surface area contributed by atoms with Crippen molar-refractivity contribution < 1.29 is 20.9 Å². The van der Waals surface area contributed by atoms with Gasteiger partial charge in [-0.1, -0.05) is 164 Å². The van der Waals surface area contributed by atoms with Crippen LogP contribution >= 0.6 is 0 Å². The number of hydrogen-bond donors (Lipinski definition) is 0. The summed E-state index contributed by atoms with van der Waals surface area (Å²) < 4.78 is 117. The first-order valence-electron chi connectivity index (χ1n) is 26.6.